The Hall–Kier alpha value is -2.08. The van der Waals surface area contributed by atoms with E-state index in [2.05, 4.69) is 5.32 Å². The van der Waals surface area contributed by atoms with E-state index in [1.165, 1.54) is 0 Å². The summed E-state index contributed by atoms with van der Waals surface area (Å²) in [6.07, 6.45) is 4.29. The van der Waals surface area contributed by atoms with Gasteiger partial charge in [0.1, 0.15) is 18.4 Å². The normalized spacial score (nSPS) is 18.1. The highest BCUT2D eigenvalue weighted by Gasteiger charge is 2.20. The average molecular weight is 335 g/mol. The first-order valence-corrected chi connectivity index (χ1v) is 8.48. The van der Waals surface area contributed by atoms with Crippen LogP contribution in [0, 0.1) is 0 Å². The quantitative estimate of drug-likeness (QED) is 0.724. The second-order valence-electron chi connectivity index (χ2n) is 5.98. The molecule has 2 atom stereocenters. The highest BCUT2D eigenvalue weighted by atomic mass is 16.5. The highest BCUT2D eigenvalue weighted by molar-refractivity contribution is 5.96. The number of hydrogen-bond acceptors (Lipinski definition) is 4. The lowest BCUT2D eigenvalue weighted by Gasteiger charge is -2.14. The summed E-state index contributed by atoms with van der Waals surface area (Å²) in [6, 6.07) is 5.85. The Kier molecular flexibility index (Phi) is 7.06. The Morgan fingerprint density at radius 1 is 1.38 bits per heavy atom. The number of nitrogens with one attached hydrogen (secondary N) is 1. The van der Waals surface area contributed by atoms with Gasteiger partial charge in [-0.05, 0) is 43.5 Å². The molecule has 0 spiro atoms. The van der Waals surface area contributed by atoms with Gasteiger partial charge in [0.2, 0.25) is 0 Å². The van der Waals surface area contributed by atoms with Gasteiger partial charge in [-0.15, -0.1) is 0 Å². The van der Waals surface area contributed by atoms with Gasteiger partial charge >= 0.3 is 5.97 Å². The fourth-order valence-corrected chi connectivity index (χ4v) is 2.57. The molecule has 1 heterocycles. The Bertz CT molecular complexity index is 537. The predicted octanol–water partition coefficient (Wildman–Crippen LogP) is 2.62. The van der Waals surface area contributed by atoms with Gasteiger partial charge in [-0.25, -0.2) is 4.79 Å². The van der Waals surface area contributed by atoms with Gasteiger partial charge in [0.05, 0.1) is 6.10 Å². The fraction of sp³-hybridized carbons (Fsp3) is 0.556. The molecule has 1 aromatic carbocycles. The minimum absolute atomic E-state index is 0.142. The van der Waals surface area contributed by atoms with E-state index in [9.17, 15) is 9.59 Å². The number of unbranched alkanes of at least 4 members (excludes halogenated alkanes) is 1. The molecule has 6 nitrogen and oxygen atoms in total. The van der Waals surface area contributed by atoms with E-state index in [0.717, 1.165) is 32.3 Å². The number of carbonyl (C=O) groups excluding carboxylic acids is 1. The molecule has 0 saturated carbocycles. The van der Waals surface area contributed by atoms with E-state index >= 15 is 0 Å². The smallest absolute Gasteiger partial charge is 0.326 e. The summed E-state index contributed by atoms with van der Waals surface area (Å²) in [5, 5.41) is 11.7. The topological polar surface area (TPSA) is 84.9 Å². The number of carboxylic acids is 1. The van der Waals surface area contributed by atoms with Crippen LogP contribution < -0.4 is 10.1 Å². The van der Waals surface area contributed by atoms with E-state index in [1.54, 1.807) is 24.3 Å². The third kappa shape index (κ3) is 5.53. The van der Waals surface area contributed by atoms with Gasteiger partial charge in [0.15, 0.2) is 0 Å². The number of carboxylic acid groups (broad SMARTS) is 1. The Balaban J connectivity index is 1.86. The molecule has 0 aliphatic carbocycles. The molecule has 2 unspecified atom stereocenters. The molecule has 1 saturated heterocycles. The molecular formula is C18H25NO5. The average Bonchev–Trinajstić information content (AvgIpc) is 3.10. The Labute approximate surface area is 142 Å². The molecular weight excluding hydrogens is 310 g/mol. The van der Waals surface area contributed by atoms with E-state index < -0.39 is 12.0 Å². The van der Waals surface area contributed by atoms with Gasteiger partial charge in [-0.2, -0.15) is 0 Å². The molecule has 24 heavy (non-hydrogen) atoms. The molecule has 0 aromatic heterocycles. The van der Waals surface area contributed by atoms with Crippen molar-refractivity contribution in [3.63, 3.8) is 0 Å². The number of aliphatic carboxylic acids is 1. The number of hydrogen-bond donors (Lipinski definition) is 2. The maximum Gasteiger partial charge on any atom is 0.326 e. The SMILES string of the molecule is CCCCC(NC(=O)c1ccc(OCC2CCCO2)cc1)C(=O)O. The van der Waals surface area contributed by atoms with Crippen molar-refractivity contribution in [1.82, 2.24) is 5.32 Å². The summed E-state index contributed by atoms with van der Waals surface area (Å²) in [5.41, 5.74) is 0.419. The van der Waals surface area contributed by atoms with E-state index in [-0.39, 0.29) is 12.0 Å². The van der Waals surface area contributed by atoms with E-state index in [0.29, 0.717) is 24.3 Å². The monoisotopic (exact) mass is 335 g/mol. The Morgan fingerprint density at radius 3 is 2.71 bits per heavy atom. The molecule has 0 radical (unpaired) electrons. The number of rotatable bonds is 9. The summed E-state index contributed by atoms with van der Waals surface area (Å²) in [5.74, 6) is -0.722. The van der Waals surface area contributed by atoms with Crippen molar-refractivity contribution in [2.75, 3.05) is 13.2 Å². The first kappa shape index (κ1) is 18.3. The fourth-order valence-electron chi connectivity index (χ4n) is 2.57. The van der Waals surface area contributed by atoms with Crippen LogP contribution in [0.2, 0.25) is 0 Å². The second kappa shape index (κ2) is 9.27. The first-order valence-electron chi connectivity index (χ1n) is 8.48. The molecule has 1 fully saturated rings. The maximum atomic E-state index is 12.2. The summed E-state index contributed by atoms with van der Waals surface area (Å²) in [7, 11) is 0. The van der Waals surface area contributed by atoms with Crippen molar-refractivity contribution in [1.29, 1.82) is 0 Å². The predicted molar refractivity (Wildman–Crippen MR) is 89.3 cm³/mol. The van der Waals surface area contributed by atoms with Gasteiger partial charge in [-0.1, -0.05) is 19.8 Å². The zero-order chi connectivity index (χ0) is 17.4. The van der Waals surface area contributed by atoms with Crippen molar-refractivity contribution in [2.45, 2.75) is 51.2 Å². The third-order valence-electron chi connectivity index (χ3n) is 4.03. The lowest BCUT2D eigenvalue weighted by atomic mass is 10.1. The zero-order valence-electron chi connectivity index (χ0n) is 14.0. The number of benzene rings is 1. The minimum atomic E-state index is -1.01. The van der Waals surface area contributed by atoms with E-state index in [4.69, 9.17) is 14.6 Å². The lowest BCUT2D eigenvalue weighted by Crippen LogP contribution is -2.40. The summed E-state index contributed by atoms with van der Waals surface area (Å²) >= 11 is 0. The van der Waals surface area contributed by atoms with Crippen LogP contribution in [0.1, 0.15) is 49.4 Å². The van der Waals surface area contributed by atoms with Crippen LogP contribution in [-0.4, -0.2) is 42.3 Å². The summed E-state index contributed by atoms with van der Waals surface area (Å²) < 4.78 is 11.1. The lowest BCUT2D eigenvalue weighted by molar-refractivity contribution is -0.139. The first-order chi connectivity index (χ1) is 11.6. The minimum Gasteiger partial charge on any atom is -0.491 e. The van der Waals surface area contributed by atoms with Crippen LogP contribution in [0.4, 0.5) is 0 Å². The van der Waals surface area contributed by atoms with Gasteiger partial charge in [-0.3, -0.25) is 4.79 Å². The van der Waals surface area contributed by atoms with Crippen molar-refractivity contribution in [2.24, 2.45) is 0 Å². The molecule has 1 aliphatic rings. The van der Waals surface area contributed by atoms with Crippen LogP contribution in [0.15, 0.2) is 24.3 Å². The van der Waals surface area contributed by atoms with Crippen molar-refractivity contribution in [3.8, 4) is 5.75 Å². The number of ether oxygens (including phenoxy) is 2. The molecule has 132 valence electrons. The van der Waals surface area contributed by atoms with Crippen LogP contribution in [0.5, 0.6) is 5.75 Å². The van der Waals surface area contributed by atoms with Crippen molar-refractivity contribution >= 4 is 11.9 Å². The van der Waals surface area contributed by atoms with Crippen LogP contribution in [0.25, 0.3) is 0 Å². The number of amides is 1. The van der Waals surface area contributed by atoms with Gasteiger partial charge in [0.25, 0.3) is 5.91 Å². The molecule has 0 bridgehead atoms. The molecule has 1 amide bonds. The summed E-state index contributed by atoms with van der Waals surface area (Å²) in [4.78, 5) is 23.4. The second-order valence-corrected chi connectivity index (χ2v) is 5.98. The molecule has 2 N–H and O–H groups in total. The molecule has 2 rings (SSSR count). The largest absolute Gasteiger partial charge is 0.491 e. The van der Waals surface area contributed by atoms with Crippen LogP contribution in [0.3, 0.4) is 0 Å². The van der Waals surface area contributed by atoms with E-state index in [1.807, 2.05) is 6.92 Å². The van der Waals surface area contributed by atoms with Crippen LogP contribution in [-0.2, 0) is 9.53 Å². The molecule has 1 aliphatic heterocycles. The Morgan fingerprint density at radius 2 is 2.12 bits per heavy atom. The maximum absolute atomic E-state index is 12.2. The van der Waals surface area contributed by atoms with Crippen LogP contribution >= 0.6 is 0 Å². The van der Waals surface area contributed by atoms with Crippen molar-refractivity contribution < 1.29 is 24.2 Å². The highest BCUT2D eigenvalue weighted by Crippen LogP contribution is 2.16. The zero-order valence-corrected chi connectivity index (χ0v) is 14.0. The standard InChI is InChI=1S/C18H25NO5/c1-2-3-6-16(18(21)22)19-17(20)13-7-9-14(10-8-13)24-12-15-5-4-11-23-15/h7-10,15-16H,2-6,11-12H2,1H3,(H,19,20)(H,21,22). The van der Waals surface area contributed by atoms with Gasteiger partial charge < -0.3 is 19.9 Å². The van der Waals surface area contributed by atoms with Gasteiger partial charge in [0, 0.05) is 12.2 Å². The summed E-state index contributed by atoms with van der Waals surface area (Å²) in [6.45, 7) is 3.27. The number of carbonyl (C=O) groups is 2. The van der Waals surface area contributed by atoms with Crippen molar-refractivity contribution in [3.05, 3.63) is 29.8 Å². The molecule has 1 aromatic rings. The third-order valence-corrected chi connectivity index (χ3v) is 4.03. The molecule has 6 heteroatoms.